The van der Waals surface area contributed by atoms with Gasteiger partial charge in [0.05, 0.1) is 8.41 Å². The summed E-state index contributed by atoms with van der Waals surface area (Å²) in [4.78, 5) is 29.3. The van der Waals surface area contributed by atoms with Crippen LogP contribution in [0, 0.1) is 0 Å². The van der Waals surface area contributed by atoms with Crippen molar-refractivity contribution in [3.63, 3.8) is 0 Å². The summed E-state index contributed by atoms with van der Waals surface area (Å²) in [5.41, 5.74) is 0. The third-order valence-corrected chi connectivity index (χ3v) is 0. The van der Waals surface area contributed by atoms with E-state index in [1.54, 1.807) is 0 Å². The van der Waals surface area contributed by atoms with Crippen LogP contribution in [0.25, 0.3) is 0 Å². The van der Waals surface area contributed by atoms with Crippen molar-refractivity contribution in [2.75, 3.05) is 0 Å². The van der Waals surface area contributed by atoms with E-state index in [4.69, 9.17) is 19.2 Å². The van der Waals surface area contributed by atoms with Gasteiger partial charge in [0.2, 0.25) is 0 Å². The zero-order valence-corrected chi connectivity index (χ0v) is 3.29. The summed E-state index contributed by atoms with van der Waals surface area (Å²) in [6.07, 6.45) is 0. The van der Waals surface area contributed by atoms with Gasteiger partial charge < -0.3 is 19.2 Å². The fraction of sp³-hybridized carbons (Fsp3) is 0. The molecule has 0 unspecified atom stereocenters. The molecule has 4 N–H and O–H groups in total. The standard InChI is InChI=1S/BH3.Ca.Na.H4O4Si.3H/c;;;1-5(2,3)4;;;/h1H3;;;1-4H;;;. The van der Waals surface area contributed by atoms with E-state index in [0.29, 0.717) is 0 Å². The molecule has 0 aromatic rings. The minimum absolute atomic E-state index is 0. The summed E-state index contributed by atoms with van der Waals surface area (Å²) in [5.74, 6) is 0. The molecule has 0 saturated heterocycles. The Bertz CT molecular complexity index is 31.5. The van der Waals surface area contributed by atoms with Crippen LogP contribution in [-0.4, -0.2) is 104 Å². The second-order valence-corrected chi connectivity index (χ2v) is 1.80. The summed E-state index contributed by atoms with van der Waals surface area (Å²) in [5, 5.41) is 0. The average Bonchev–Trinajstić information content (AvgIpc) is 0.722. The predicted molar refractivity (Wildman–Crippen MR) is 40.3 cm³/mol. The molecular formula is H10BCaNaO4Si. The summed E-state index contributed by atoms with van der Waals surface area (Å²) >= 11 is 0. The topological polar surface area (TPSA) is 80.9 Å². The molecule has 0 aliphatic carbocycles. The van der Waals surface area contributed by atoms with Gasteiger partial charge in [0.25, 0.3) is 0 Å². The first-order valence-corrected chi connectivity index (χ1v) is 2.68. The molecule has 0 atom stereocenters. The fourth-order valence-electron chi connectivity index (χ4n) is 0. The van der Waals surface area contributed by atoms with E-state index < -0.39 is 9.05 Å². The Morgan fingerprint density at radius 1 is 0.875 bits per heavy atom. The Morgan fingerprint density at radius 3 is 0.875 bits per heavy atom. The molecule has 0 radical (unpaired) electrons. The van der Waals surface area contributed by atoms with Crippen LogP contribution in [0.3, 0.4) is 0 Å². The van der Waals surface area contributed by atoms with E-state index in [-0.39, 0.29) is 75.7 Å². The Morgan fingerprint density at radius 2 is 0.875 bits per heavy atom. The van der Waals surface area contributed by atoms with E-state index in [1.165, 1.54) is 0 Å². The number of hydrogen-bond donors (Lipinski definition) is 4. The van der Waals surface area contributed by atoms with Crippen molar-refractivity contribution in [1.29, 1.82) is 0 Å². The molecule has 0 aliphatic rings. The Balaban J connectivity index is -0.0000000267. The van der Waals surface area contributed by atoms with Gasteiger partial charge in [-0.05, 0) is 0 Å². The van der Waals surface area contributed by atoms with Gasteiger partial charge in [0.15, 0.2) is 0 Å². The molecule has 0 spiro atoms. The molecule has 4 nitrogen and oxygen atoms in total. The van der Waals surface area contributed by atoms with Crippen LogP contribution in [0.4, 0.5) is 0 Å². The van der Waals surface area contributed by atoms with Crippen molar-refractivity contribution in [3.8, 4) is 0 Å². The first-order valence-electron chi connectivity index (χ1n) is 0.894. The van der Waals surface area contributed by atoms with Crippen molar-refractivity contribution in [2.24, 2.45) is 0 Å². The fourth-order valence-corrected chi connectivity index (χ4v) is 0. The van der Waals surface area contributed by atoms with Crippen LogP contribution in [-0.2, 0) is 0 Å². The molecule has 0 rings (SSSR count). The van der Waals surface area contributed by atoms with Crippen LogP contribution >= 0.6 is 0 Å². The van der Waals surface area contributed by atoms with Gasteiger partial charge in [0, 0.05) is 0 Å². The Kier molecular flexibility index (Phi) is 26.3. The quantitative estimate of drug-likeness (QED) is 0.278. The van der Waals surface area contributed by atoms with E-state index in [1.807, 2.05) is 0 Å². The molecule has 0 aliphatic heterocycles. The SMILES string of the molecule is B.O[Si](O)(O)O.[CaH2].[NaH]. The van der Waals surface area contributed by atoms with Crippen molar-refractivity contribution in [1.82, 2.24) is 0 Å². The zero-order chi connectivity index (χ0) is 4.50. The Labute approximate surface area is 102 Å². The normalized spacial score (nSPS) is 7.50. The number of hydrogen-bond acceptors (Lipinski definition) is 4. The van der Waals surface area contributed by atoms with E-state index in [2.05, 4.69) is 0 Å². The third kappa shape index (κ3) is 80.5. The zero-order valence-electron chi connectivity index (χ0n) is 2.29. The van der Waals surface area contributed by atoms with E-state index in [0.717, 1.165) is 0 Å². The van der Waals surface area contributed by atoms with Crippen molar-refractivity contribution in [3.05, 3.63) is 0 Å². The molecule has 0 aromatic carbocycles. The molecule has 0 heterocycles. The summed E-state index contributed by atoms with van der Waals surface area (Å²) in [6.45, 7) is 0. The third-order valence-electron chi connectivity index (χ3n) is 0. The average molecular weight is 176 g/mol. The number of rotatable bonds is 0. The monoisotopic (exact) mass is 176 g/mol. The second-order valence-electron chi connectivity index (χ2n) is 0.600. The summed E-state index contributed by atoms with van der Waals surface area (Å²) < 4.78 is 0. The van der Waals surface area contributed by atoms with Gasteiger partial charge in [-0.15, -0.1) is 0 Å². The van der Waals surface area contributed by atoms with Crippen LogP contribution in [0.1, 0.15) is 0 Å². The molecule has 0 fully saturated rings. The van der Waals surface area contributed by atoms with Gasteiger partial charge in [-0.2, -0.15) is 0 Å². The van der Waals surface area contributed by atoms with Crippen LogP contribution in [0.5, 0.6) is 0 Å². The first kappa shape index (κ1) is 22.4. The van der Waals surface area contributed by atoms with E-state index >= 15 is 0 Å². The second kappa shape index (κ2) is 9.38. The molecule has 0 bridgehead atoms. The van der Waals surface area contributed by atoms with Crippen molar-refractivity contribution < 1.29 is 19.2 Å². The summed E-state index contributed by atoms with van der Waals surface area (Å²) in [7, 11) is -4.61. The van der Waals surface area contributed by atoms with Crippen LogP contribution < -0.4 is 0 Å². The maximum absolute atomic E-state index is 7.33. The maximum atomic E-state index is 7.33. The van der Waals surface area contributed by atoms with E-state index in [9.17, 15) is 0 Å². The molecule has 0 aromatic heterocycles. The van der Waals surface area contributed by atoms with Crippen LogP contribution in [0.2, 0.25) is 0 Å². The van der Waals surface area contributed by atoms with Gasteiger partial charge in [-0.3, -0.25) is 0 Å². The molecule has 44 valence electrons. The minimum atomic E-state index is -4.61. The molecular weight excluding hydrogens is 166 g/mol. The molecule has 8 heavy (non-hydrogen) atoms. The van der Waals surface area contributed by atoms with Crippen molar-refractivity contribution in [2.45, 2.75) is 0 Å². The molecule has 0 amide bonds. The predicted octanol–water partition coefficient (Wildman–Crippen LogP) is -5.36. The first-order chi connectivity index (χ1) is 2.00. The molecule has 8 heteroatoms. The van der Waals surface area contributed by atoms with Crippen LogP contribution in [0.15, 0.2) is 0 Å². The Hall–Kier alpha value is 2.38. The van der Waals surface area contributed by atoms with Gasteiger partial charge >= 0.3 is 76.3 Å². The summed E-state index contributed by atoms with van der Waals surface area (Å²) in [6, 6.07) is 0. The van der Waals surface area contributed by atoms with Gasteiger partial charge in [-0.25, -0.2) is 0 Å². The van der Waals surface area contributed by atoms with Gasteiger partial charge in [0.1, 0.15) is 0 Å². The molecule has 0 saturated carbocycles. The van der Waals surface area contributed by atoms with Crippen molar-refractivity contribution >= 4 is 84.8 Å². The van der Waals surface area contributed by atoms with Gasteiger partial charge in [-0.1, -0.05) is 0 Å².